The van der Waals surface area contributed by atoms with Gasteiger partial charge in [-0.1, -0.05) is 13.8 Å². The smallest absolute Gasteiger partial charge is 0.134 e. The van der Waals surface area contributed by atoms with Crippen molar-refractivity contribution in [3.05, 3.63) is 12.4 Å². The minimum atomic E-state index is 0.163. The Morgan fingerprint density at radius 1 is 1.41 bits per heavy atom. The minimum Gasteiger partial charge on any atom is -0.394 e. The Morgan fingerprint density at radius 3 is 2.86 bits per heavy atom. The molecule has 1 fully saturated rings. The molecule has 0 amide bonds. The number of nitrogens with zero attached hydrogens (tertiary/aromatic N) is 4. The molecule has 1 aromatic heterocycles. The Balaban J connectivity index is 2.00. The van der Waals surface area contributed by atoms with Crippen LogP contribution in [-0.4, -0.2) is 66.4 Å². The van der Waals surface area contributed by atoms with Crippen LogP contribution in [0.4, 0.5) is 11.6 Å². The van der Waals surface area contributed by atoms with E-state index >= 15 is 0 Å². The molecule has 124 valence electrons. The van der Waals surface area contributed by atoms with Crippen LogP contribution in [0.2, 0.25) is 0 Å². The van der Waals surface area contributed by atoms with Crippen molar-refractivity contribution >= 4 is 11.6 Å². The van der Waals surface area contributed by atoms with Crippen LogP contribution >= 0.6 is 0 Å². The second-order valence-corrected chi connectivity index (χ2v) is 7.19. The van der Waals surface area contributed by atoms with Gasteiger partial charge in [-0.3, -0.25) is 0 Å². The van der Waals surface area contributed by atoms with E-state index in [0.29, 0.717) is 0 Å². The molecule has 0 saturated carbocycles. The maximum Gasteiger partial charge on any atom is 0.134 e. The van der Waals surface area contributed by atoms with Crippen LogP contribution < -0.4 is 10.2 Å². The highest BCUT2D eigenvalue weighted by atomic mass is 16.3. The zero-order valence-electron chi connectivity index (χ0n) is 14.2. The highest BCUT2D eigenvalue weighted by molar-refractivity contribution is 5.49. The predicted octanol–water partition coefficient (Wildman–Crippen LogP) is 1.44. The first kappa shape index (κ1) is 17.0. The van der Waals surface area contributed by atoms with Crippen molar-refractivity contribution in [1.82, 2.24) is 14.9 Å². The van der Waals surface area contributed by atoms with E-state index in [-0.39, 0.29) is 18.1 Å². The molecule has 1 atom stereocenters. The highest BCUT2D eigenvalue weighted by Gasteiger charge is 2.25. The summed E-state index contributed by atoms with van der Waals surface area (Å²) >= 11 is 0. The van der Waals surface area contributed by atoms with Gasteiger partial charge in [-0.05, 0) is 32.4 Å². The molecule has 22 heavy (non-hydrogen) atoms. The molecule has 2 N–H and O–H groups in total. The molecule has 0 unspecified atom stereocenters. The van der Waals surface area contributed by atoms with Crippen molar-refractivity contribution in [1.29, 1.82) is 0 Å². The molecule has 0 spiro atoms. The molecule has 0 aromatic carbocycles. The monoisotopic (exact) mass is 307 g/mol. The molecule has 0 bridgehead atoms. The van der Waals surface area contributed by atoms with Crippen LogP contribution in [0, 0.1) is 5.41 Å². The number of aromatic nitrogens is 2. The number of nitrogens with one attached hydrogen (secondary N) is 1. The molecule has 1 saturated heterocycles. The molecular formula is C16H29N5O. The lowest BCUT2D eigenvalue weighted by Crippen LogP contribution is -2.35. The third kappa shape index (κ3) is 4.55. The summed E-state index contributed by atoms with van der Waals surface area (Å²) in [5.74, 6) is 1.75. The normalized spacial score (nSPS) is 19.0. The maximum atomic E-state index is 9.46. The lowest BCUT2D eigenvalue weighted by molar-refractivity contribution is 0.254. The van der Waals surface area contributed by atoms with Gasteiger partial charge < -0.3 is 20.2 Å². The molecule has 0 radical (unpaired) electrons. The van der Waals surface area contributed by atoms with Gasteiger partial charge >= 0.3 is 0 Å². The van der Waals surface area contributed by atoms with E-state index in [0.717, 1.165) is 44.1 Å². The Hall–Kier alpha value is -1.40. The number of hydrogen-bond donors (Lipinski definition) is 2. The standard InChI is InChI=1S/C16H29N5O/c1-16(2,11-20(3)4)10-17-14-8-15(19-12-18-14)21-7-5-6-13(21)9-22/h8,12-13,22H,5-7,9-11H2,1-4H3,(H,17,18,19)/t13-/m1/s1. The summed E-state index contributed by atoms with van der Waals surface area (Å²) in [4.78, 5) is 13.1. The molecule has 0 aliphatic carbocycles. The summed E-state index contributed by atoms with van der Waals surface area (Å²) < 4.78 is 0. The molecule has 2 rings (SSSR count). The van der Waals surface area contributed by atoms with Gasteiger partial charge in [0.25, 0.3) is 0 Å². The first-order valence-corrected chi connectivity index (χ1v) is 7.99. The van der Waals surface area contributed by atoms with E-state index in [9.17, 15) is 5.11 Å². The van der Waals surface area contributed by atoms with E-state index in [2.05, 4.69) is 53.0 Å². The van der Waals surface area contributed by atoms with Crippen LogP contribution in [0.25, 0.3) is 0 Å². The van der Waals surface area contributed by atoms with Crippen LogP contribution in [0.15, 0.2) is 12.4 Å². The first-order valence-electron chi connectivity index (χ1n) is 7.99. The minimum absolute atomic E-state index is 0.163. The summed E-state index contributed by atoms with van der Waals surface area (Å²) in [6.45, 7) is 7.48. The van der Waals surface area contributed by atoms with Gasteiger partial charge in [-0.25, -0.2) is 9.97 Å². The molecular weight excluding hydrogens is 278 g/mol. The molecule has 6 heteroatoms. The SMILES string of the molecule is CN(C)CC(C)(C)CNc1cc(N2CCC[C@@H]2CO)ncn1. The van der Waals surface area contributed by atoms with E-state index < -0.39 is 0 Å². The maximum absolute atomic E-state index is 9.46. The van der Waals surface area contributed by atoms with Gasteiger partial charge in [0.1, 0.15) is 18.0 Å². The Kier molecular flexibility index (Phi) is 5.58. The Morgan fingerprint density at radius 2 is 2.18 bits per heavy atom. The average molecular weight is 307 g/mol. The van der Waals surface area contributed by atoms with Gasteiger partial charge in [-0.15, -0.1) is 0 Å². The van der Waals surface area contributed by atoms with Crippen molar-refractivity contribution in [3.63, 3.8) is 0 Å². The summed E-state index contributed by atoms with van der Waals surface area (Å²) in [5.41, 5.74) is 0.163. The fourth-order valence-corrected chi connectivity index (χ4v) is 3.17. The summed E-state index contributed by atoms with van der Waals surface area (Å²) in [5, 5.41) is 12.9. The number of aliphatic hydroxyl groups excluding tert-OH is 1. The summed E-state index contributed by atoms with van der Waals surface area (Å²) in [7, 11) is 4.18. The van der Waals surface area contributed by atoms with E-state index in [1.165, 1.54) is 0 Å². The van der Waals surface area contributed by atoms with Crippen LogP contribution in [0.1, 0.15) is 26.7 Å². The lowest BCUT2D eigenvalue weighted by atomic mass is 9.93. The molecule has 6 nitrogen and oxygen atoms in total. The van der Waals surface area contributed by atoms with Gasteiger partial charge in [0.15, 0.2) is 0 Å². The van der Waals surface area contributed by atoms with Crippen molar-refractivity contribution in [2.75, 3.05) is 50.6 Å². The average Bonchev–Trinajstić information content (AvgIpc) is 2.93. The number of aliphatic hydroxyl groups is 1. The second-order valence-electron chi connectivity index (χ2n) is 7.19. The van der Waals surface area contributed by atoms with Crippen molar-refractivity contribution < 1.29 is 5.11 Å². The van der Waals surface area contributed by atoms with Gasteiger partial charge in [0.05, 0.1) is 12.6 Å². The third-order valence-electron chi connectivity index (χ3n) is 4.03. The van der Waals surface area contributed by atoms with Crippen LogP contribution in [0.5, 0.6) is 0 Å². The molecule has 1 aliphatic rings. The third-order valence-corrected chi connectivity index (χ3v) is 4.03. The van der Waals surface area contributed by atoms with Crippen molar-refractivity contribution in [2.45, 2.75) is 32.7 Å². The summed E-state index contributed by atoms with van der Waals surface area (Å²) in [6, 6.07) is 2.17. The predicted molar refractivity (Wildman–Crippen MR) is 90.3 cm³/mol. The van der Waals surface area contributed by atoms with E-state index in [1.807, 2.05) is 6.07 Å². The zero-order valence-corrected chi connectivity index (χ0v) is 14.2. The Bertz CT molecular complexity index is 477. The lowest BCUT2D eigenvalue weighted by Gasteiger charge is -2.29. The topological polar surface area (TPSA) is 64.5 Å². The zero-order chi connectivity index (χ0) is 16.2. The van der Waals surface area contributed by atoms with E-state index in [4.69, 9.17) is 0 Å². The molecule has 1 aliphatic heterocycles. The van der Waals surface area contributed by atoms with Gasteiger partial charge in [0.2, 0.25) is 0 Å². The number of anilines is 2. The number of rotatable bonds is 7. The largest absolute Gasteiger partial charge is 0.394 e. The van der Waals surface area contributed by atoms with Gasteiger partial charge in [-0.2, -0.15) is 0 Å². The fraction of sp³-hybridized carbons (Fsp3) is 0.750. The van der Waals surface area contributed by atoms with Crippen LogP contribution in [0.3, 0.4) is 0 Å². The first-order chi connectivity index (χ1) is 10.4. The molecule has 1 aromatic rings. The van der Waals surface area contributed by atoms with Gasteiger partial charge in [0, 0.05) is 25.7 Å². The highest BCUT2D eigenvalue weighted by Crippen LogP contribution is 2.25. The van der Waals surface area contributed by atoms with Crippen LogP contribution in [-0.2, 0) is 0 Å². The van der Waals surface area contributed by atoms with Crippen molar-refractivity contribution in [3.8, 4) is 0 Å². The second kappa shape index (κ2) is 7.24. The number of hydrogen-bond acceptors (Lipinski definition) is 6. The van der Waals surface area contributed by atoms with Crippen molar-refractivity contribution in [2.24, 2.45) is 5.41 Å². The summed E-state index contributed by atoms with van der Waals surface area (Å²) in [6.07, 6.45) is 3.73. The quantitative estimate of drug-likeness (QED) is 0.795. The van der Waals surface area contributed by atoms with E-state index in [1.54, 1.807) is 6.33 Å². The Labute approximate surface area is 133 Å². The molecule has 2 heterocycles. The fourth-order valence-electron chi connectivity index (χ4n) is 3.17.